The van der Waals surface area contributed by atoms with E-state index in [-0.39, 0.29) is 10.6 Å². The van der Waals surface area contributed by atoms with E-state index in [0.29, 0.717) is 17.0 Å². The average molecular weight is 307 g/mol. The molecule has 2 aromatic rings. The Morgan fingerprint density at radius 3 is 2.71 bits per heavy atom. The van der Waals surface area contributed by atoms with Crippen LogP contribution in [0.4, 0.5) is 10.1 Å². The molecule has 0 unspecified atom stereocenters. The second-order valence-electron chi connectivity index (χ2n) is 4.34. The maximum absolute atomic E-state index is 13.7. The zero-order chi connectivity index (χ0) is 15.4. The summed E-state index contributed by atoms with van der Waals surface area (Å²) < 4.78 is 13.7. The normalized spacial score (nSPS) is 11.3. The number of hydrogen-bond donors (Lipinski definition) is 2. The molecule has 6 heteroatoms. The first-order valence-corrected chi connectivity index (χ1v) is 6.44. The van der Waals surface area contributed by atoms with Crippen molar-refractivity contribution < 1.29 is 14.4 Å². The van der Waals surface area contributed by atoms with E-state index in [0.717, 1.165) is 6.07 Å². The summed E-state index contributed by atoms with van der Waals surface area (Å²) in [5.41, 5.74) is 1.42. The number of oxime groups is 1. The quantitative estimate of drug-likeness (QED) is 0.513. The van der Waals surface area contributed by atoms with Gasteiger partial charge in [0.2, 0.25) is 0 Å². The molecule has 1 amide bonds. The third-order valence-electron chi connectivity index (χ3n) is 2.86. The number of nitrogens with one attached hydrogen (secondary N) is 1. The van der Waals surface area contributed by atoms with E-state index in [1.807, 2.05) is 0 Å². The minimum atomic E-state index is -0.691. The van der Waals surface area contributed by atoms with Crippen molar-refractivity contribution in [2.45, 2.75) is 6.92 Å². The van der Waals surface area contributed by atoms with Crippen molar-refractivity contribution in [1.29, 1.82) is 0 Å². The Morgan fingerprint density at radius 1 is 1.29 bits per heavy atom. The number of anilines is 1. The Bertz CT molecular complexity index is 717. The van der Waals surface area contributed by atoms with E-state index < -0.39 is 11.7 Å². The van der Waals surface area contributed by atoms with Gasteiger partial charge in [0.1, 0.15) is 5.82 Å². The first-order chi connectivity index (χ1) is 10.0. The highest BCUT2D eigenvalue weighted by Gasteiger charge is 2.12. The maximum Gasteiger partial charge on any atom is 0.258 e. The summed E-state index contributed by atoms with van der Waals surface area (Å²) in [5, 5.41) is 14.6. The summed E-state index contributed by atoms with van der Waals surface area (Å²) in [6, 6.07) is 10.5. The van der Waals surface area contributed by atoms with Gasteiger partial charge < -0.3 is 10.5 Å². The number of nitrogens with zero attached hydrogens (tertiary/aromatic N) is 1. The van der Waals surface area contributed by atoms with Gasteiger partial charge in [0.15, 0.2) is 0 Å². The molecule has 0 saturated carbocycles. The Morgan fingerprint density at radius 2 is 2.05 bits per heavy atom. The van der Waals surface area contributed by atoms with Gasteiger partial charge in [0.25, 0.3) is 5.91 Å². The van der Waals surface area contributed by atoms with Crippen LogP contribution in [0.2, 0.25) is 5.02 Å². The minimum absolute atomic E-state index is 0.0997. The van der Waals surface area contributed by atoms with Gasteiger partial charge in [-0.1, -0.05) is 28.9 Å². The van der Waals surface area contributed by atoms with Gasteiger partial charge in [-0.05, 0) is 37.3 Å². The fraction of sp³-hybridized carbons (Fsp3) is 0.0667. The van der Waals surface area contributed by atoms with Crippen molar-refractivity contribution in [3.63, 3.8) is 0 Å². The largest absolute Gasteiger partial charge is 0.411 e. The van der Waals surface area contributed by atoms with Gasteiger partial charge in [-0.15, -0.1) is 0 Å². The molecular weight excluding hydrogens is 295 g/mol. The highest BCUT2D eigenvalue weighted by Crippen LogP contribution is 2.17. The van der Waals surface area contributed by atoms with Crippen molar-refractivity contribution in [2.75, 3.05) is 5.32 Å². The summed E-state index contributed by atoms with van der Waals surface area (Å²) in [7, 11) is 0. The monoisotopic (exact) mass is 306 g/mol. The number of carbonyl (C=O) groups is 1. The third-order valence-corrected chi connectivity index (χ3v) is 3.10. The molecule has 2 aromatic carbocycles. The first kappa shape index (κ1) is 15.0. The smallest absolute Gasteiger partial charge is 0.258 e. The van der Waals surface area contributed by atoms with Crippen LogP contribution in [-0.4, -0.2) is 16.8 Å². The lowest BCUT2D eigenvalue weighted by molar-refractivity contribution is 0.102. The molecule has 0 atom stereocenters. The first-order valence-electron chi connectivity index (χ1n) is 6.07. The second kappa shape index (κ2) is 6.37. The molecule has 0 radical (unpaired) electrons. The predicted octanol–water partition coefficient (Wildman–Crippen LogP) is 3.93. The van der Waals surface area contributed by atoms with E-state index in [4.69, 9.17) is 16.8 Å². The predicted molar refractivity (Wildman–Crippen MR) is 79.8 cm³/mol. The maximum atomic E-state index is 13.7. The summed E-state index contributed by atoms with van der Waals surface area (Å²) >= 11 is 5.64. The van der Waals surface area contributed by atoms with Crippen LogP contribution < -0.4 is 5.32 Å². The highest BCUT2D eigenvalue weighted by atomic mass is 35.5. The Balaban J connectivity index is 2.23. The van der Waals surface area contributed by atoms with Crippen molar-refractivity contribution in [3.8, 4) is 0 Å². The topological polar surface area (TPSA) is 61.7 Å². The molecule has 0 bridgehead atoms. The molecule has 2 rings (SSSR count). The van der Waals surface area contributed by atoms with Crippen LogP contribution in [0.3, 0.4) is 0 Å². The number of hydrogen-bond acceptors (Lipinski definition) is 3. The zero-order valence-corrected chi connectivity index (χ0v) is 11.9. The van der Waals surface area contributed by atoms with Gasteiger partial charge in [-0.2, -0.15) is 0 Å². The van der Waals surface area contributed by atoms with Crippen LogP contribution in [0.1, 0.15) is 22.8 Å². The lowest BCUT2D eigenvalue weighted by atomic mass is 10.1. The van der Waals surface area contributed by atoms with Gasteiger partial charge in [0.05, 0.1) is 11.3 Å². The zero-order valence-electron chi connectivity index (χ0n) is 11.1. The van der Waals surface area contributed by atoms with Crippen LogP contribution >= 0.6 is 11.6 Å². The van der Waals surface area contributed by atoms with Gasteiger partial charge in [-0.25, -0.2) is 4.39 Å². The van der Waals surface area contributed by atoms with E-state index in [9.17, 15) is 9.18 Å². The van der Waals surface area contributed by atoms with Crippen molar-refractivity contribution in [1.82, 2.24) is 0 Å². The van der Waals surface area contributed by atoms with Gasteiger partial charge in [0, 0.05) is 16.3 Å². The number of rotatable bonds is 3. The molecule has 4 nitrogen and oxygen atoms in total. The molecule has 0 heterocycles. The Labute approximate surface area is 125 Å². The molecule has 108 valence electrons. The molecule has 21 heavy (non-hydrogen) atoms. The Kier molecular flexibility index (Phi) is 4.55. The number of amides is 1. The molecule has 0 spiro atoms. The fourth-order valence-corrected chi connectivity index (χ4v) is 1.91. The van der Waals surface area contributed by atoms with Crippen LogP contribution in [-0.2, 0) is 0 Å². The summed E-state index contributed by atoms with van der Waals surface area (Å²) in [5.74, 6) is -1.27. The lowest BCUT2D eigenvalue weighted by Gasteiger charge is -2.08. The van der Waals surface area contributed by atoms with Crippen LogP contribution in [0, 0.1) is 5.82 Å². The number of halogens is 2. The lowest BCUT2D eigenvalue weighted by Crippen LogP contribution is -2.14. The number of benzene rings is 2. The van der Waals surface area contributed by atoms with Gasteiger partial charge in [-0.3, -0.25) is 4.79 Å². The number of carbonyl (C=O) groups excluding carboxylic acids is 1. The Hall–Kier alpha value is -2.40. The van der Waals surface area contributed by atoms with Crippen LogP contribution in [0.5, 0.6) is 0 Å². The summed E-state index contributed by atoms with van der Waals surface area (Å²) in [6.07, 6.45) is 0. The van der Waals surface area contributed by atoms with Crippen molar-refractivity contribution >= 4 is 28.9 Å². The average Bonchev–Trinajstić information content (AvgIpc) is 2.46. The van der Waals surface area contributed by atoms with E-state index in [2.05, 4.69) is 10.5 Å². The van der Waals surface area contributed by atoms with E-state index in [1.165, 1.54) is 12.1 Å². The fourth-order valence-electron chi connectivity index (χ4n) is 1.75. The SMILES string of the molecule is C/C(=N\O)c1cccc(NC(=O)c2ccc(Cl)cc2F)c1. The second-order valence-corrected chi connectivity index (χ2v) is 4.78. The van der Waals surface area contributed by atoms with Crippen molar-refractivity contribution in [2.24, 2.45) is 5.16 Å². The standard InChI is InChI=1S/C15H12ClFN2O2/c1-9(19-21)10-3-2-4-12(7-10)18-15(20)13-6-5-11(16)8-14(13)17/h2-8,21H,1H3,(H,18,20)/b19-9+. The van der Waals surface area contributed by atoms with Gasteiger partial charge >= 0.3 is 0 Å². The molecule has 0 aliphatic heterocycles. The molecule has 0 aliphatic rings. The minimum Gasteiger partial charge on any atom is -0.411 e. The van der Waals surface area contributed by atoms with Crippen LogP contribution in [0.15, 0.2) is 47.6 Å². The van der Waals surface area contributed by atoms with Crippen LogP contribution in [0.25, 0.3) is 0 Å². The molecule has 0 aromatic heterocycles. The molecule has 2 N–H and O–H groups in total. The molecule has 0 fully saturated rings. The molecule has 0 aliphatic carbocycles. The van der Waals surface area contributed by atoms with E-state index >= 15 is 0 Å². The molecule has 0 saturated heterocycles. The highest BCUT2D eigenvalue weighted by molar-refractivity contribution is 6.30. The summed E-state index contributed by atoms with van der Waals surface area (Å²) in [4.78, 5) is 12.0. The molecular formula is C15H12ClFN2O2. The summed E-state index contributed by atoms with van der Waals surface area (Å²) in [6.45, 7) is 1.62. The van der Waals surface area contributed by atoms with E-state index in [1.54, 1.807) is 31.2 Å². The third kappa shape index (κ3) is 3.58. The van der Waals surface area contributed by atoms with Crippen molar-refractivity contribution in [3.05, 3.63) is 64.4 Å².